The first-order chi connectivity index (χ1) is 9.75. The number of amides is 1. The van der Waals surface area contributed by atoms with E-state index in [1.54, 1.807) is 11.3 Å². The van der Waals surface area contributed by atoms with Gasteiger partial charge in [-0.1, -0.05) is 0 Å². The van der Waals surface area contributed by atoms with Gasteiger partial charge in [-0.3, -0.25) is 9.89 Å². The van der Waals surface area contributed by atoms with Crippen LogP contribution in [-0.4, -0.2) is 27.5 Å². The smallest absolute Gasteiger partial charge is 0.227 e. The van der Waals surface area contributed by atoms with Gasteiger partial charge in [0.1, 0.15) is 0 Å². The number of rotatable bonds is 3. The van der Waals surface area contributed by atoms with E-state index in [9.17, 15) is 4.79 Å². The summed E-state index contributed by atoms with van der Waals surface area (Å²) < 4.78 is 0. The lowest BCUT2D eigenvalue weighted by molar-refractivity contribution is -0.134. The first kappa shape index (κ1) is 13.4. The van der Waals surface area contributed by atoms with Crippen LogP contribution < -0.4 is 0 Å². The summed E-state index contributed by atoms with van der Waals surface area (Å²) in [6, 6.07) is 2.19. The van der Waals surface area contributed by atoms with E-state index in [0.717, 1.165) is 36.2 Å². The summed E-state index contributed by atoms with van der Waals surface area (Å²) in [5, 5.41) is 11.3. The topological polar surface area (TPSA) is 49.0 Å². The van der Waals surface area contributed by atoms with Gasteiger partial charge in [0.05, 0.1) is 24.4 Å². The van der Waals surface area contributed by atoms with Gasteiger partial charge in [0.25, 0.3) is 0 Å². The van der Waals surface area contributed by atoms with E-state index in [4.69, 9.17) is 0 Å². The SMILES string of the molecule is Cc1cn[nH]c1[C@@H]1CCCCN1C(=O)Cc1ccsc1. The Morgan fingerprint density at radius 3 is 3.15 bits per heavy atom. The number of hydrogen-bond acceptors (Lipinski definition) is 3. The van der Waals surface area contributed by atoms with Gasteiger partial charge < -0.3 is 4.90 Å². The third kappa shape index (κ3) is 2.63. The number of thiophene rings is 1. The van der Waals surface area contributed by atoms with Crippen molar-refractivity contribution < 1.29 is 4.79 Å². The second kappa shape index (κ2) is 5.79. The maximum atomic E-state index is 12.6. The first-order valence-corrected chi connectivity index (χ1v) is 8.00. The fraction of sp³-hybridized carbons (Fsp3) is 0.467. The molecule has 0 spiro atoms. The van der Waals surface area contributed by atoms with Crippen molar-refractivity contribution in [3.05, 3.63) is 39.8 Å². The maximum absolute atomic E-state index is 12.6. The highest BCUT2D eigenvalue weighted by Crippen LogP contribution is 2.31. The molecule has 4 nitrogen and oxygen atoms in total. The van der Waals surface area contributed by atoms with Crippen LogP contribution >= 0.6 is 11.3 Å². The van der Waals surface area contributed by atoms with Gasteiger partial charge in [-0.2, -0.15) is 16.4 Å². The average molecular weight is 289 g/mol. The first-order valence-electron chi connectivity index (χ1n) is 7.06. The number of aromatic nitrogens is 2. The number of hydrogen-bond donors (Lipinski definition) is 1. The molecule has 0 bridgehead atoms. The summed E-state index contributed by atoms with van der Waals surface area (Å²) in [6.07, 6.45) is 5.64. The molecule has 5 heteroatoms. The van der Waals surface area contributed by atoms with E-state index < -0.39 is 0 Å². The summed E-state index contributed by atoms with van der Waals surface area (Å²) in [6.45, 7) is 2.90. The van der Waals surface area contributed by atoms with Crippen molar-refractivity contribution in [1.29, 1.82) is 0 Å². The molecule has 2 aromatic heterocycles. The monoisotopic (exact) mass is 289 g/mol. The van der Waals surface area contributed by atoms with Gasteiger partial charge in [-0.05, 0) is 54.1 Å². The van der Waals surface area contributed by atoms with E-state index in [0.29, 0.717) is 6.42 Å². The summed E-state index contributed by atoms with van der Waals surface area (Å²) in [4.78, 5) is 14.6. The molecule has 1 aliphatic rings. The number of piperidine rings is 1. The van der Waals surface area contributed by atoms with Crippen LogP contribution in [0.2, 0.25) is 0 Å². The van der Waals surface area contributed by atoms with Crippen LogP contribution in [0.5, 0.6) is 0 Å². The lowest BCUT2D eigenvalue weighted by Gasteiger charge is -2.35. The lowest BCUT2D eigenvalue weighted by Crippen LogP contribution is -2.39. The van der Waals surface area contributed by atoms with E-state index in [1.165, 1.54) is 6.42 Å². The number of likely N-dealkylation sites (tertiary alicyclic amines) is 1. The van der Waals surface area contributed by atoms with Crippen molar-refractivity contribution in [2.45, 2.75) is 38.6 Å². The molecule has 106 valence electrons. The molecule has 2 aromatic rings. The van der Waals surface area contributed by atoms with Gasteiger partial charge >= 0.3 is 0 Å². The van der Waals surface area contributed by atoms with Crippen LogP contribution in [0.15, 0.2) is 23.0 Å². The molecule has 3 rings (SSSR count). The standard InChI is InChI=1S/C15H19N3OS/c1-11-9-16-17-15(11)13-4-2-3-6-18(13)14(19)8-12-5-7-20-10-12/h5,7,9-10,13H,2-4,6,8H2,1H3,(H,16,17)/t13-/m0/s1. The molecule has 3 heterocycles. The quantitative estimate of drug-likeness (QED) is 0.944. The zero-order valence-electron chi connectivity index (χ0n) is 11.6. The van der Waals surface area contributed by atoms with E-state index in [1.807, 2.05) is 22.5 Å². The average Bonchev–Trinajstić information content (AvgIpc) is 3.10. The minimum absolute atomic E-state index is 0.164. The second-order valence-electron chi connectivity index (χ2n) is 5.37. The van der Waals surface area contributed by atoms with Crippen molar-refractivity contribution in [2.24, 2.45) is 0 Å². The minimum atomic E-state index is 0.164. The fourth-order valence-corrected chi connectivity index (χ4v) is 3.56. The Morgan fingerprint density at radius 2 is 2.45 bits per heavy atom. The number of nitrogens with one attached hydrogen (secondary N) is 1. The summed E-state index contributed by atoms with van der Waals surface area (Å²) in [7, 11) is 0. The Balaban J connectivity index is 1.78. The van der Waals surface area contributed by atoms with E-state index >= 15 is 0 Å². The predicted molar refractivity (Wildman–Crippen MR) is 79.7 cm³/mol. The van der Waals surface area contributed by atoms with Gasteiger partial charge in [0.15, 0.2) is 0 Å². The van der Waals surface area contributed by atoms with Gasteiger partial charge in [0, 0.05) is 6.54 Å². The molecule has 1 aliphatic heterocycles. The van der Waals surface area contributed by atoms with Gasteiger partial charge in [0.2, 0.25) is 5.91 Å². The van der Waals surface area contributed by atoms with Crippen molar-refractivity contribution >= 4 is 17.2 Å². The highest BCUT2D eigenvalue weighted by atomic mass is 32.1. The molecule has 0 radical (unpaired) electrons. The van der Waals surface area contributed by atoms with Crippen LogP contribution in [0.4, 0.5) is 0 Å². The molecule has 1 atom stereocenters. The predicted octanol–water partition coefficient (Wildman–Crippen LogP) is 3.08. The normalized spacial score (nSPS) is 19.2. The highest BCUT2D eigenvalue weighted by molar-refractivity contribution is 7.07. The van der Waals surface area contributed by atoms with Crippen LogP contribution in [0.1, 0.15) is 42.1 Å². The molecular formula is C15H19N3OS. The number of carbonyl (C=O) groups is 1. The number of nitrogens with zero attached hydrogens (tertiary/aromatic N) is 2. The van der Waals surface area contributed by atoms with Crippen molar-refractivity contribution in [1.82, 2.24) is 15.1 Å². The Hall–Kier alpha value is -1.62. The molecule has 0 unspecified atom stereocenters. The second-order valence-corrected chi connectivity index (χ2v) is 6.15. The highest BCUT2D eigenvalue weighted by Gasteiger charge is 2.29. The van der Waals surface area contributed by atoms with Crippen LogP contribution in [0.3, 0.4) is 0 Å². The number of aromatic amines is 1. The van der Waals surface area contributed by atoms with Crippen molar-refractivity contribution in [3.8, 4) is 0 Å². The zero-order valence-corrected chi connectivity index (χ0v) is 12.4. The van der Waals surface area contributed by atoms with Crippen molar-refractivity contribution in [2.75, 3.05) is 6.54 Å². The molecular weight excluding hydrogens is 270 g/mol. The summed E-state index contributed by atoms with van der Waals surface area (Å²) >= 11 is 1.64. The molecule has 0 saturated carbocycles. The third-order valence-electron chi connectivity index (χ3n) is 3.96. The van der Waals surface area contributed by atoms with Crippen molar-refractivity contribution in [3.63, 3.8) is 0 Å². The minimum Gasteiger partial charge on any atom is -0.334 e. The number of carbonyl (C=O) groups excluding carboxylic acids is 1. The molecule has 0 aromatic carbocycles. The zero-order chi connectivity index (χ0) is 13.9. The Morgan fingerprint density at radius 1 is 1.55 bits per heavy atom. The fourth-order valence-electron chi connectivity index (χ4n) is 2.89. The summed E-state index contributed by atoms with van der Waals surface area (Å²) in [5.41, 5.74) is 3.36. The van der Waals surface area contributed by atoms with Crippen LogP contribution in [0.25, 0.3) is 0 Å². The lowest BCUT2D eigenvalue weighted by atomic mass is 9.96. The molecule has 1 saturated heterocycles. The Bertz CT molecular complexity index is 576. The van der Waals surface area contributed by atoms with Crippen LogP contribution in [0, 0.1) is 6.92 Å². The third-order valence-corrected chi connectivity index (χ3v) is 4.69. The summed E-state index contributed by atoms with van der Waals surface area (Å²) in [5.74, 6) is 0.224. The molecule has 0 aliphatic carbocycles. The van der Waals surface area contributed by atoms with E-state index in [2.05, 4.69) is 22.5 Å². The van der Waals surface area contributed by atoms with Gasteiger partial charge in [-0.15, -0.1) is 0 Å². The number of aryl methyl sites for hydroxylation is 1. The van der Waals surface area contributed by atoms with Gasteiger partial charge in [-0.25, -0.2) is 0 Å². The Labute approximate surface area is 122 Å². The largest absolute Gasteiger partial charge is 0.334 e. The Kier molecular flexibility index (Phi) is 3.87. The molecule has 20 heavy (non-hydrogen) atoms. The maximum Gasteiger partial charge on any atom is 0.227 e. The van der Waals surface area contributed by atoms with Crippen LogP contribution in [-0.2, 0) is 11.2 Å². The molecule has 1 amide bonds. The molecule has 1 fully saturated rings. The molecule has 1 N–H and O–H groups in total. The van der Waals surface area contributed by atoms with E-state index in [-0.39, 0.29) is 11.9 Å². The number of H-pyrrole nitrogens is 1.